The molecule has 1 N–H and O–H groups in total. The van der Waals surface area contributed by atoms with Crippen LogP contribution in [-0.4, -0.2) is 36.2 Å². The van der Waals surface area contributed by atoms with Crippen molar-refractivity contribution in [3.05, 3.63) is 35.9 Å². The summed E-state index contributed by atoms with van der Waals surface area (Å²) in [6, 6.07) is 11.6. The number of aliphatic imine (C=N–C) groups is 1. The highest BCUT2D eigenvalue weighted by Crippen LogP contribution is 2.23. The lowest BCUT2D eigenvalue weighted by atomic mass is 9.93. The van der Waals surface area contributed by atoms with Crippen molar-refractivity contribution in [1.29, 1.82) is 0 Å². The number of benzene rings is 1. The number of amidine groups is 1. The van der Waals surface area contributed by atoms with Crippen LogP contribution in [0.1, 0.15) is 25.3 Å². The van der Waals surface area contributed by atoms with Crippen LogP contribution in [0.5, 0.6) is 0 Å². The van der Waals surface area contributed by atoms with Crippen molar-refractivity contribution >= 4 is 16.9 Å². The highest BCUT2D eigenvalue weighted by atomic mass is 32.2. The van der Waals surface area contributed by atoms with E-state index in [1.807, 2.05) is 11.8 Å². The fraction of sp³-hybridized carbons (Fsp3) is 0.588. The van der Waals surface area contributed by atoms with Crippen LogP contribution in [0.15, 0.2) is 35.3 Å². The molecule has 0 bridgehead atoms. The van der Waals surface area contributed by atoms with Crippen molar-refractivity contribution in [2.24, 2.45) is 10.9 Å². The van der Waals surface area contributed by atoms with Gasteiger partial charge in [-0.15, -0.1) is 0 Å². The van der Waals surface area contributed by atoms with E-state index >= 15 is 0 Å². The molecule has 0 radical (unpaired) electrons. The van der Waals surface area contributed by atoms with Crippen molar-refractivity contribution in [3.8, 4) is 0 Å². The van der Waals surface area contributed by atoms with Crippen LogP contribution < -0.4 is 5.32 Å². The first-order valence-corrected chi connectivity index (χ1v) is 8.88. The summed E-state index contributed by atoms with van der Waals surface area (Å²) in [6.07, 6.45) is 3.38. The zero-order valence-corrected chi connectivity index (χ0v) is 13.4. The largest absolute Gasteiger partial charge is 0.381 e. The van der Waals surface area contributed by atoms with Crippen LogP contribution in [0.25, 0.3) is 0 Å². The van der Waals surface area contributed by atoms with Crippen molar-refractivity contribution in [3.63, 3.8) is 0 Å². The first-order chi connectivity index (χ1) is 10.3. The maximum absolute atomic E-state index is 5.44. The van der Waals surface area contributed by atoms with E-state index in [1.54, 1.807) is 0 Å². The van der Waals surface area contributed by atoms with Gasteiger partial charge in [0, 0.05) is 25.0 Å². The van der Waals surface area contributed by atoms with Gasteiger partial charge in [0.15, 0.2) is 5.17 Å². The molecule has 21 heavy (non-hydrogen) atoms. The standard InChI is InChI=1S/C17H24N2OS/c1-13(15-7-9-20-10-8-15)18-17-19-16(12-21-17)11-14-5-3-2-4-6-14/h2-6,13,15-16H,7-12H2,1H3,(H,18,19). The molecule has 0 aromatic heterocycles. The summed E-state index contributed by atoms with van der Waals surface area (Å²) in [6.45, 7) is 4.10. The number of ether oxygens (including phenoxy) is 1. The van der Waals surface area contributed by atoms with E-state index in [-0.39, 0.29) is 0 Å². The van der Waals surface area contributed by atoms with E-state index in [0.29, 0.717) is 12.1 Å². The smallest absolute Gasteiger partial charge is 0.157 e. The molecule has 3 rings (SSSR count). The second-order valence-electron chi connectivity index (χ2n) is 5.97. The van der Waals surface area contributed by atoms with Gasteiger partial charge in [-0.05, 0) is 37.7 Å². The second kappa shape index (κ2) is 7.32. The number of rotatable bonds is 4. The Balaban J connectivity index is 1.51. The molecule has 3 nitrogen and oxygen atoms in total. The molecule has 1 aromatic carbocycles. The summed E-state index contributed by atoms with van der Waals surface area (Å²) in [5, 5.41) is 4.76. The summed E-state index contributed by atoms with van der Waals surface area (Å²) in [7, 11) is 0. The lowest BCUT2D eigenvalue weighted by molar-refractivity contribution is 0.0583. The summed E-state index contributed by atoms with van der Waals surface area (Å²) in [5.41, 5.74) is 1.38. The van der Waals surface area contributed by atoms with Gasteiger partial charge in [0.1, 0.15) is 0 Å². The Kier molecular flexibility index (Phi) is 5.20. The lowest BCUT2D eigenvalue weighted by Gasteiger charge is -2.28. The molecular weight excluding hydrogens is 280 g/mol. The van der Waals surface area contributed by atoms with Gasteiger partial charge < -0.3 is 10.1 Å². The molecule has 2 unspecified atom stereocenters. The number of thioether (sulfide) groups is 1. The normalized spacial score (nSPS) is 24.6. The molecule has 2 aliphatic rings. The molecule has 1 aromatic rings. The Morgan fingerprint density at radius 2 is 2.05 bits per heavy atom. The Labute approximate surface area is 131 Å². The third-order valence-corrected chi connectivity index (χ3v) is 5.40. The Morgan fingerprint density at radius 1 is 1.29 bits per heavy atom. The third-order valence-electron chi connectivity index (χ3n) is 4.35. The maximum Gasteiger partial charge on any atom is 0.157 e. The molecule has 2 aliphatic heterocycles. The minimum Gasteiger partial charge on any atom is -0.381 e. The summed E-state index contributed by atoms with van der Waals surface area (Å²) >= 11 is 1.87. The maximum atomic E-state index is 5.44. The minimum atomic E-state index is 0.418. The average molecular weight is 304 g/mol. The summed E-state index contributed by atoms with van der Waals surface area (Å²) in [5.74, 6) is 1.81. The molecule has 0 amide bonds. The van der Waals surface area contributed by atoms with Crippen molar-refractivity contribution in [2.75, 3.05) is 19.0 Å². The van der Waals surface area contributed by atoms with Gasteiger partial charge in [0.25, 0.3) is 0 Å². The Bertz CT molecular complexity index is 471. The molecule has 2 atom stereocenters. The molecule has 114 valence electrons. The Morgan fingerprint density at radius 3 is 2.81 bits per heavy atom. The zero-order valence-electron chi connectivity index (χ0n) is 12.6. The van der Waals surface area contributed by atoms with Gasteiger partial charge in [-0.2, -0.15) is 0 Å². The third kappa shape index (κ3) is 4.24. The van der Waals surface area contributed by atoms with Crippen LogP contribution in [0.4, 0.5) is 0 Å². The number of hydrogen-bond donors (Lipinski definition) is 1. The van der Waals surface area contributed by atoms with Crippen LogP contribution in [0, 0.1) is 5.92 Å². The van der Waals surface area contributed by atoms with Crippen LogP contribution in [0.3, 0.4) is 0 Å². The van der Waals surface area contributed by atoms with Gasteiger partial charge >= 0.3 is 0 Å². The van der Waals surface area contributed by atoms with Crippen LogP contribution >= 0.6 is 11.8 Å². The predicted octanol–water partition coefficient (Wildman–Crippen LogP) is 3.11. The topological polar surface area (TPSA) is 33.6 Å². The van der Waals surface area contributed by atoms with Crippen LogP contribution in [0.2, 0.25) is 0 Å². The van der Waals surface area contributed by atoms with Gasteiger partial charge in [0.2, 0.25) is 0 Å². The fourth-order valence-electron chi connectivity index (χ4n) is 3.01. The van der Waals surface area contributed by atoms with E-state index in [0.717, 1.165) is 36.5 Å². The first kappa shape index (κ1) is 14.9. The summed E-state index contributed by atoms with van der Waals surface area (Å²) < 4.78 is 5.44. The van der Waals surface area contributed by atoms with E-state index in [1.165, 1.54) is 18.4 Å². The highest BCUT2D eigenvalue weighted by Gasteiger charge is 2.24. The van der Waals surface area contributed by atoms with Gasteiger partial charge in [-0.25, -0.2) is 0 Å². The average Bonchev–Trinajstić information content (AvgIpc) is 2.96. The SMILES string of the molecule is CC(NC1=NC(Cc2ccccc2)CS1)C1CCOCC1. The molecule has 1 saturated heterocycles. The molecule has 0 aliphatic carbocycles. The second-order valence-corrected chi connectivity index (χ2v) is 6.98. The van der Waals surface area contributed by atoms with E-state index in [2.05, 4.69) is 42.6 Å². The molecule has 2 heterocycles. The number of nitrogens with zero attached hydrogens (tertiary/aromatic N) is 1. The van der Waals surface area contributed by atoms with Gasteiger partial charge in [-0.1, -0.05) is 42.1 Å². The Hall–Kier alpha value is -1.00. The van der Waals surface area contributed by atoms with Crippen LogP contribution in [-0.2, 0) is 11.2 Å². The van der Waals surface area contributed by atoms with E-state index < -0.39 is 0 Å². The lowest BCUT2D eigenvalue weighted by Crippen LogP contribution is -2.38. The summed E-state index contributed by atoms with van der Waals surface area (Å²) in [4.78, 5) is 4.86. The first-order valence-electron chi connectivity index (χ1n) is 7.90. The molecular formula is C17H24N2OS. The predicted molar refractivity (Wildman–Crippen MR) is 90.0 cm³/mol. The zero-order chi connectivity index (χ0) is 14.5. The van der Waals surface area contributed by atoms with Crippen molar-refractivity contribution < 1.29 is 4.74 Å². The van der Waals surface area contributed by atoms with Gasteiger partial charge in [-0.3, -0.25) is 4.99 Å². The molecule has 0 saturated carbocycles. The number of hydrogen-bond acceptors (Lipinski definition) is 4. The number of nitrogens with one attached hydrogen (secondary N) is 1. The van der Waals surface area contributed by atoms with Crippen molar-refractivity contribution in [1.82, 2.24) is 5.32 Å². The minimum absolute atomic E-state index is 0.418. The molecule has 1 fully saturated rings. The van der Waals surface area contributed by atoms with Gasteiger partial charge in [0.05, 0.1) is 6.04 Å². The highest BCUT2D eigenvalue weighted by molar-refractivity contribution is 8.14. The monoisotopic (exact) mass is 304 g/mol. The molecule has 0 spiro atoms. The van der Waals surface area contributed by atoms with Crippen molar-refractivity contribution in [2.45, 2.75) is 38.3 Å². The molecule has 4 heteroatoms. The van der Waals surface area contributed by atoms with E-state index in [9.17, 15) is 0 Å². The quantitative estimate of drug-likeness (QED) is 0.928. The fourth-order valence-corrected chi connectivity index (χ4v) is 4.05. The van der Waals surface area contributed by atoms with E-state index in [4.69, 9.17) is 9.73 Å².